The maximum Gasteiger partial charge on any atom is -0.0414 e. The van der Waals surface area contributed by atoms with Gasteiger partial charge in [0, 0.05) is 0 Å². The fraction of sp³-hybridized carbons (Fsp3) is 1.00. The van der Waals surface area contributed by atoms with Crippen LogP contribution in [0.25, 0.3) is 0 Å². The van der Waals surface area contributed by atoms with Crippen molar-refractivity contribution in [1.82, 2.24) is 0 Å². The molecule has 0 N–H and O–H groups in total. The summed E-state index contributed by atoms with van der Waals surface area (Å²) in [5, 5.41) is 0. The average molecular weight is 325 g/mol. The van der Waals surface area contributed by atoms with Crippen LogP contribution in [0.15, 0.2) is 0 Å². The van der Waals surface area contributed by atoms with E-state index in [-0.39, 0.29) is 0 Å². The van der Waals surface area contributed by atoms with Crippen LogP contribution < -0.4 is 0 Å². The van der Waals surface area contributed by atoms with E-state index in [0.29, 0.717) is 0 Å². The SMILES string of the molecule is CCCCCCCCCCC(CCCCCC)CCCCCC. The zero-order chi connectivity index (χ0) is 17.0. The number of hydrogen-bond donors (Lipinski definition) is 0. The van der Waals surface area contributed by atoms with Gasteiger partial charge in [0.05, 0.1) is 0 Å². The van der Waals surface area contributed by atoms with Gasteiger partial charge in [-0.1, -0.05) is 143 Å². The van der Waals surface area contributed by atoms with Crippen LogP contribution in [0.5, 0.6) is 0 Å². The Kier molecular flexibility index (Phi) is 20.0. The molecule has 0 aromatic carbocycles. The molecule has 0 fully saturated rings. The summed E-state index contributed by atoms with van der Waals surface area (Å²) in [7, 11) is 0. The first kappa shape index (κ1) is 23.0. The normalized spacial score (nSPS) is 11.5. The summed E-state index contributed by atoms with van der Waals surface area (Å²) in [5.41, 5.74) is 0. The Morgan fingerprint density at radius 2 is 0.609 bits per heavy atom. The van der Waals surface area contributed by atoms with E-state index in [2.05, 4.69) is 20.8 Å². The number of unbranched alkanes of at least 4 members (excludes halogenated alkanes) is 13. The summed E-state index contributed by atoms with van der Waals surface area (Å²) in [6.45, 7) is 6.95. The highest BCUT2D eigenvalue weighted by Gasteiger charge is 2.08. The highest BCUT2D eigenvalue weighted by molar-refractivity contribution is 4.62. The Morgan fingerprint density at radius 1 is 0.348 bits per heavy atom. The molecule has 0 aromatic rings. The van der Waals surface area contributed by atoms with E-state index in [0.717, 1.165) is 5.92 Å². The predicted octanol–water partition coefficient (Wildman–Crippen LogP) is 9.07. The lowest BCUT2D eigenvalue weighted by Gasteiger charge is -2.17. The molecular formula is C23H48. The number of hydrogen-bond acceptors (Lipinski definition) is 0. The van der Waals surface area contributed by atoms with E-state index in [4.69, 9.17) is 0 Å². The third-order valence-electron chi connectivity index (χ3n) is 5.40. The van der Waals surface area contributed by atoms with Crippen molar-refractivity contribution in [3.05, 3.63) is 0 Å². The summed E-state index contributed by atoms with van der Waals surface area (Å²) in [6, 6.07) is 0. The van der Waals surface area contributed by atoms with E-state index < -0.39 is 0 Å². The van der Waals surface area contributed by atoms with Gasteiger partial charge in [-0.25, -0.2) is 0 Å². The molecule has 140 valence electrons. The first-order valence-corrected chi connectivity index (χ1v) is 11.3. The molecule has 0 nitrogen and oxygen atoms in total. The summed E-state index contributed by atoms with van der Waals surface area (Å²) < 4.78 is 0. The quantitative estimate of drug-likeness (QED) is 0.208. The minimum Gasteiger partial charge on any atom is -0.0654 e. The molecule has 0 saturated heterocycles. The highest BCUT2D eigenvalue weighted by atomic mass is 14.1. The first-order chi connectivity index (χ1) is 11.3. The first-order valence-electron chi connectivity index (χ1n) is 11.3. The van der Waals surface area contributed by atoms with Crippen molar-refractivity contribution >= 4 is 0 Å². The number of rotatable bonds is 19. The Balaban J connectivity index is 3.64. The van der Waals surface area contributed by atoms with Crippen molar-refractivity contribution in [3.8, 4) is 0 Å². The Morgan fingerprint density at radius 3 is 0.957 bits per heavy atom. The van der Waals surface area contributed by atoms with E-state index in [1.807, 2.05) is 0 Å². The summed E-state index contributed by atoms with van der Waals surface area (Å²) in [4.78, 5) is 0. The molecule has 0 heterocycles. The Labute approximate surface area is 149 Å². The lowest BCUT2D eigenvalue weighted by molar-refractivity contribution is 0.367. The summed E-state index contributed by atoms with van der Waals surface area (Å²) >= 11 is 0. The van der Waals surface area contributed by atoms with Crippen molar-refractivity contribution in [2.24, 2.45) is 5.92 Å². The van der Waals surface area contributed by atoms with E-state index in [1.54, 1.807) is 0 Å². The van der Waals surface area contributed by atoms with Gasteiger partial charge in [0.1, 0.15) is 0 Å². The van der Waals surface area contributed by atoms with Crippen LogP contribution in [-0.4, -0.2) is 0 Å². The molecule has 0 aliphatic heterocycles. The fourth-order valence-corrected chi connectivity index (χ4v) is 3.72. The van der Waals surface area contributed by atoms with Crippen molar-refractivity contribution in [3.63, 3.8) is 0 Å². The van der Waals surface area contributed by atoms with E-state index in [9.17, 15) is 0 Å². The Hall–Kier alpha value is 0. The highest BCUT2D eigenvalue weighted by Crippen LogP contribution is 2.24. The zero-order valence-electron chi connectivity index (χ0n) is 17.0. The summed E-state index contributed by atoms with van der Waals surface area (Å²) in [6.07, 6.45) is 27.8. The van der Waals surface area contributed by atoms with Crippen LogP contribution in [0.4, 0.5) is 0 Å². The lowest BCUT2D eigenvalue weighted by Crippen LogP contribution is -2.01. The van der Waals surface area contributed by atoms with Gasteiger partial charge >= 0.3 is 0 Å². The maximum absolute atomic E-state index is 2.32. The topological polar surface area (TPSA) is 0 Å². The van der Waals surface area contributed by atoms with Gasteiger partial charge in [-0.05, 0) is 5.92 Å². The van der Waals surface area contributed by atoms with Crippen LogP contribution in [0, 0.1) is 5.92 Å². The van der Waals surface area contributed by atoms with Gasteiger partial charge in [-0.15, -0.1) is 0 Å². The van der Waals surface area contributed by atoms with Crippen LogP contribution in [-0.2, 0) is 0 Å². The monoisotopic (exact) mass is 324 g/mol. The second-order valence-electron chi connectivity index (χ2n) is 7.83. The second-order valence-corrected chi connectivity index (χ2v) is 7.83. The van der Waals surface area contributed by atoms with Crippen molar-refractivity contribution < 1.29 is 0 Å². The molecular weight excluding hydrogens is 276 g/mol. The molecule has 0 spiro atoms. The Bertz CT molecular complexity index is 184. The predicted molar refractivity (Wildman–Crippen MR) is 108 cm³/mol. The van der Waals surface area contributed by atoms with Gasteiger partial charge in [0.2, 0.25) is 0 Å². The maximum atomic E-state index is 2.32. The average Bonchev–Trinajstić information content (AvgIpc) is 2.57. The molecule has 0 aromatic heterocycles. The van der Waals surface area contributed by atoms with Gasteiger partial charge in [-0.2, -0.15) is 0 Å². The fourth-order valence-electron chi connectivity index (χ4n) is 3.72. The zero-order valence-corrected chi connectivity index (χ0v) is 17.0. The molecule has 0 amide bonds. The standard InChI is InChI=1S/C23H48/c1-4-7-10-13-14-15-16-19-22-23(20-17-11-8-5-2)21-18-12-9-6-3/h23H,4-22H2,1-3H3. The van der Waals surface area contributed by atoms with E-state index in [1.165, 1.54) is 122 Å². The molecule has 0 saturated carbocycles. The van der Waals surface area contributed by atoms with Crippen molar-refractivity contribution in [2.75, 3.05) is 0 Å². The minimum absolute atomic E-state index is 1.05. The molecule has 0 heteroatoms. The summed E-state index contributed by atoms with van der Waals surface area (Å²) in [5.74, 6) is 1.05. The molecule has 0 aliphatic carbocycles. The molecule has 0 aliphatic rings. The smallest absolute Gasteiger partial charge is 0.0414 e. The third-order valence-corrected chi connectivity index (χ3v) is 5.40. The second kappa shape index (κ2) is 20.0. The van der Waals surface area contributed by atoms with Crippen molar-refractivity contribution in [2.45, 2.75) is 143 Å². The molecule has 0 rings (SSSR count). The van der Waals surface area contributed by atoms with Gasteiger partial charge in [0.15, 0.2) is 0 Å². The van der Waals surface area contributed by atoms with Gasteiger partial charge in [-0.3, -0.25) is 0 Å². The van der Waals surface area contributed by atoms with Crippen LogP contribution in [0.3, 0.4) is 0 Å². The van der Waals surface area contributed by atoms with E-state index >= 15 is 0 Å². The molecule has 0 bridgehead atoms. The van der Waals surface area contributed by atoms with Crippen LogP contribution in [0.1, 0.15) is 143 Å². The van der Waals surface area contributed by atoms with Gasteiger partial charge in [0.25, 0.3) is 0 Å². The lowest BCUT2D eigenvalue weighted by atomic mass is 9.89. The molecule has 0 unspecified atom stereocenters. The van der Waals surface area contributed by atoms with Crippen molar-refractivity contribution in [1.29, 1.82) is 0 Å². The van der Waals surface area contributed by atoms with Crippen LogP contribution in [0.2, 0.25) is 0 Å². The molecule has 23 heavy (non-hydrogen) atoms. The van der Waals surface area contributed by atoms with Crippen LogP contribution >= 0.6 is 0 Å². The molecule has 0 radical (unpaired) electrons. The minimum atomic E-state index is 1.05. The molecule has 0 atom stereocenters. The van der Waals surface area contributed by atoms with Gasteiger partial charge < -0.3 is 0 Å². The largest absolute Gasteiger partial charge is 0.0654 e. The third kappa shape index (κ3) is 18.2.